The fourth-order valence-electron chi connectivity index (χ4n) is 1.63. The second kappa shape index (κ2) is 5.14. The van der Waals surface area contributed by atoms with E-state index >= 15 is 0 Å². The normalized spacial score (nSPS) is 12.5. The van der Waals surface area contributed by atoms with Crippen LogP contribution in [0, 0.1) is 5.92 Å². The largest absolute Gasteiger partial charge is 0.131 e. The maximum Gasteiger partial charge on any atom is -0.0127 e. The van der Waals surface area contributed by atoms with Crippen LogP contribution in [0.4, 0.5) is 0 Å². The van der Waals surface area contributed by atoms with E-state index in [4.69, 9.17) is 0 Å². The van der Waals surface area contributed by atoms with E-state index in [1.54, 1.807) is 0 Å². The van der Waals surface area contributed by atoms with Crippen LogP contribution in [0.2, 0.25) is 0 Å². The van der Waals surface area contributed by atoms with Crippen LogP contribution in [0.1, 0.15) is 53.4 Å². The van der Waals surface area contributed by atoms with Gasteiger partial charge in [0.25, 0.3) is 0 Å². The lowest BCUT2D eigenvalue weighted by molar-refractivity contribution is 0.375. The first-order chi connectivity index (χ1) is 5.06. The fourth-order valence-corrected chi connectivity index (χ4v) is 2.21. The van der Waals surface area contributed by atoms with E-state index in [0.29, 0.717) is 5.16 Å². The van der Waals surface area contributed by atoms with Crippen LogP contribution in [-0.2, 0) is 0 Å². The van der Waals surface area contributed by atoms with Gasteiger partial charge in [-0.05, 0) is 23.9 Å². The highest BCUT2D eigenvalue weighted by molar-refractivity contribution is 7.19. The Bertz CT molecular complexity index is 91.0. The molecule has 0 nitrogen and oxygen atoms in total. The highest BCUT2D eigenvalue weighted by Gasteiger charge is 2.25. The number of hydrogen-bond donors (Lipinski definition) is 0. The molecular formula is C10H23P. The van der Waals surface area contributed by atoms with Gasteiger partial charge in [-0.25, -0.2) is 0 Å². The summed E-state index contributed by atoms with van der Waals surface area (Å²) in [5.41, 5.74) is 0. The first-order valence-corrected chi connectivity index (χ1v) is 5.43. The highest BCUT2D eigenvalue weighted by atomic mass is 31.0. The fraction of sp³-hybridized carbons (Fsp3) is 1.00. The molecule has 1 heteroatoms. The van der Waals surface area contributed by atoms with Gasteiger partial charge in [0.15, 0.2) is 0 Å². The molecule has 0 saturated heterocycles. The van der Waals surface area contributed by atoms with Crippen LogP contribution in [-0.4, -0.2) is 5.16 Å². The third-order valence-corrected chi connectivity index (χ3v) is 3.82. The van der Waals surface area contributed by atoms with Crippen molar-refractivity contribution in [1.29, 1.82) is 0 Å². The van der Waals surface area contributed by atoms with Gasteiger partial charge in [-0.15, -0.1) is 9.24 Å². The van der Waals surface area contributed by atoms with Crippen LogP contribution in [0.5, 0.6) is 0 Å². The van der Waals surface area contributed by atoms with Crippen molar-refractivity contribution in [1.82, 2.24) is 0 Å². The molecule has 0 amide bonds. The van der Waals surface area contributed by atoms with E-state index in [0.717, 1.165) is 5.92 Å². The van der Waals surface area contributed by atoms with Crippen molar-refractivity contribution in [2.24, 2.45) is 5.92 Å². The van der Waals surface area contributed by atoms with E-state index < -0.39 is 0 Å². The van der Waals surface area contributed by atoms with Gasteiger partial charge >= 0.3 is 0 Å². The van der Waals surface area contributed by atoms with Crippen LogP contribution in [0.3, 0.4) is 0 Å². The molecule has 0 saturated carbocycles. The minimum absolute atomic E-state index is 0.517. The number of hydrogen-bond acceptors (Lipinski definition) is 0. The average Bonchev–Trinajstić information content (AvgIpc) is 1.88. The molecule has 0 aromatic rings. The van der Waals surface area contributed by atoms with Gasteiger partial charge in [0.2, 0.25) is 0 Å². The van der Waals surface area contributed by atoms with Crippen molar-refractivity contribution in [3.05, 3.63) is 0 Å². The summed E-state index contributed by atoms with van der Waals surface area (Å²) in [6, 6.07) is 0. The van der Waals surface area contributed by atoms with Crippen molar-refractivity contribution < 1.29 is 0 Å². The molecule has 0 aliphatic carbocycles. The second-order valence-electron chi connectivity index (χ2n) is 3.89. The lowest BCUT2D eigenvalue weighted by Gasteiger charge is -2.33. The van der Waals surface area contributed by atoms with Crippen molar-refractivity contribution in [3.8, 4) is 0 Å². The summed E-state index contributed by atoms with van der Waals surface area (Å²) < 4.78 is 0. The first-order valence-electron chi connectivity index (χ1n) is 4.85. The highest BCUT2D eigenvalue weighted by Crippen LogP contribution is 2.37. The van der Waals surface area contributed by atoms with Crippen molar-refractivity contribution in [2.75, 3.05) is 0 Å². The first kappa shape index (κ1) is 11.4. The third-order valence-electron chi connectivity index (χ3n) is 2.58. The maximum atomic E-state index is 3.07. The molecule has 0 heterocycles. The molecule has 0 rings (SSSR count). The second-order valence-corrected chi connectivity index (χ2v) is 5.04. The van der Waals surface area contributed by atoms with Crippen LogP contribution in [0.15, 0.2) is 0 Å². The van der Waals surface area contributed by atoms with Gasteiger partial charge in [0, 0.05) is 0 Å². The van der Waals surface area contributed by atoms with Gasteiger partial charge < -0.3 is 0 Å². The topological polar surface area (TPSA) is 0 Å². The van der Waals surface area contributed by atoms with Crippen LogP contribution >= 0.6 is 9.24 Å². The molecule has 1 atom stereocenters. The monoisotopic (exact) mass is 174 g/mol. The van der Waals surface area contributed by atoms with Crippen molar-refractivity contribution in [3.63, 3.8) is 0 Å². The van der Waals surface area contributed by atoms with Gasteiger partial charge in [-0.3, -0.25) is 0 Å². The molecule has 0 aromatic carbocycles. The van der Waals surface area contributed by atoms with Crippen molar-refractivity contribution in [2.45, 2.75) is 58.5 Å². The molecule has 1 unspecified atom stereocenters. The Balaban J connectivity index is 4.01. The Morgan fingerprint density at radius 1 is 1.09 bits per heavy atom. The molecule has 0 bridgehead atoms. The Morgan fingerprint density at radius 3 is 1.64 bits per heavy atom. The van der Waals surface area contributed by atoms with Crippen LogP contribution < -0.4 is 0 Å². The van der Waals surface area contributed by atoms with E-state index in [2.05, 4.69) is 36.9 Å². The molecule has 11 heavy (non-hydrogen) atoms. The zero-order valence-electron chi connectivity index (χ0n) is 8.48. The summed E-state index contributed by atoms with van der Waals surface area (Å²) in [6.07, 6.45) is 5.32. The Morgan fingerprint density at radius 2 is 1.45 bits per heavy atom. The van der Waals surface area contributed by atoms with E-state index in [1.165, 1.54) is 25.7 Å². The maximum absolute atomic E-state index is 3.07. The Kier molecular flexibility index (Phi) is 5.34. The molecule has 0 aliphatic heterocycles. The lowest BCUT2D eigenvalue weighted by atomic mass is 9.86. The standard InChI is InChI=1S/C10H23P/c1-5-7-10(11,8-6-2)9(3)4/h9H,5-8,11H2,1-4H3. The van der Waals surface area contributed by atoms with Gasteiger partial charge in [-0.1, -0.05) is 40.5 Å². The zero-order valence-corrected chi connectivity index (χ0v) is 9.64. The minimum Gasteiger partial charge on any atom is -0.131 e. The summed E-state index contributed by atoms with van der Waals surface area (Å²) >= 11 is 0. The van der Waals surface area contributed by atoms with Gasteiger partial charge in [-0.2, -0.15) is 0 Å². The molecule has 0 radical (unpaired) electrons. The Labute approximate surface area is 74.4 Å². The predicted octanol–water partition coefficient (Wildman–Crippen LogP) is 3.86. The molecule has 0 spiro atoms. The molecule has 0 fully saturated rings. The predicted molar refractivity (Wildman–Crippen MR) is 57.1 cm³/mol. The molecule has 0 aromatic heterocycles. The number of rotatable bonds is 5. The summed E-state index contributed by atoms with van der Waals surface area (Å²) in [7, 11) is 3.07. The molecule has 68 valence electrons. The quantitative estimate of drug-likeness (QED) is 0.555. The SMILES string of the molecule is CCCC(P)(CCC)C(C)C. The van der Waals surface area contributed by atoms with Gasteiger partial charge in [0.05, 0.1) is 0 Å². The summed E-state index contributed by atoms with van der Waals surface area (Å²) in [6.45, 7) is 9.21. The summed E-state index contributed by atoms with van der Waals surface area (Å²) in [5, 5.41) is 0.517. The Hall–Kier alpha value is 0.430. The smallest absolute Gasteiger partial charge is 0.0127 e. The lowest BCUT2D eigenvalue weighted by Crippen LogP contribution is -2.27. The van der Waals surface area contributed by atoms with Gasteiger partial charge in [0.1, 0.15) is 0 Å². The van der Waals surface area contributed by atoms with E-state index in [-0.39, 0.29) is 0 Å². The molecular weight excluding hydrogens is 151 g/mol. The van der Waals surface area contributed by atoms with E-state index in [9.17, 15) is 0 Å². The molecule has 0 N–H and O–H groups in total. The zero-order chi connectivity index (χ0) is 8.91. The average molecular weight is 174 g/mol. The van der Waals surface area contributed by atoms with E-state index in [1.807, 2.05) is 0 Å². The minimum atomic E-state index is 0.517. The molecule has 0 aliphatic rings. The summed E-state index contributed by atoms with van der Waals surface area (Å²) in [5.74, 6) is 0.799. The third kappa shape index (κ3) is 3.56. The van der Waals surface area contributed by atoms with Crippen molar-refractivity contribution >= 4 is 9.24 Å². The summed E-state index contributed by atoms with van der Waals surface area (Å²) in [4.78, 5) is 0. The van der Waals surface area contributed by atoms with Crippen LogP contribution in [0.25, 0.3) is 0 Å².